The first-order chi connectivity index (χ1) is 9.55. The second kappa shape index (κ2) is 6.67. The molecule has 20 heavy (non-hydrogen) atoms. The highest BCUT2D eigenvalue weighted by atomic mass is 32.2. The van der Waals surface area contributed by atoms with Crippen molar-refractivity contribution in [2.75, 3.05) is 26.2 Å². The number of rotatable bonds is 6. The number of benzene rings is 1. The number of aliphatic hydroxyl groups is 1. The second-order valence-electron chi connectivity index (χ2n) is 5.20. The van der Waals surface area contributed by atoms with Crippen molar-refractivity contribution in [3.63, 3.8) is 0 Å². The van der Waals surface area contributed by atoms with Crippen LogP contribution in [0.25, 0.3) is 0 Å². The Kier molecular flexibility index (Phi) is 5.15. The summed E-state index contributed by atoms with van der Waals surface area (Å²) < 4.78 is 27.0. The number of nitrogens with one attached hydrogen (secondary N) is 1. The molecule has 1 heterocycles. The van der Waals surface area contributed by atoms with Gasteiger partial charge in [-0.1, -0.05) is 19.1 Å². The molecule has 1 saturated heterocycles. The van der Waals surface area contributed by atoms with E-state index < -0.39 is 10.0 Å². The first-order valence-electron chi connectivity index (χ1n) is 6.97. The summed E-state index contributed by atoms with van der Waals surface area (Å²) in [7, 11) is -3.45. The van der Waals surface area contributed by atoms with Crippen LogP contribution in [0.15, 0.2) is 29.2 Å². The summed E-state index contributed by atoms with van der Waals surface area (Å²) in [5.74, 6) is 0.390. The maximum Gasteiger partial charge on any atom is 0.240 e. The minimum absolute atomic E-state index is 0.0807. The molecular formula is C14H22N2O3S. The van der Waals surface area contributed by atoms with E-state index in [0.717, 1.165) is 26.1 Å². The molecule has 1 unspecified atom stereocenters. The average molecular weight is 298 g/mol. The van der Waals surface area contributed by atoms with Crippen molar-refractivity contribution in [3.8, 4) is 0 Å². The molecule has 5 nitrogen and oxygen atoms in total. The van der Waals surface area contributed by atoms with Gasteiger partial charge >= 0.3 is 0 Å². The van der Waals surface area contributed by atoms with Crippen molar-refractivity contribution in [2.24, 2.45) is 5.92 Å². The van der Waals surface area contributed by atoms with Gasteiger partial charge in [0.15, 0.2) is 0 Å². The highest BCUT2D eigenvalue weighted by Gasteiger charge is 2.23. The third kappa shape index (κ3) is 3.79. The van der Waals surface area contributed by atoms with E-state index in [1.165, 1.54) is 12.1 Å². The topological polar surface area (TPSA) is 69.6 Å². The first kappa shape index (κ1) is 15.4. The van der Waals surface area contributed by atoms with Crippen LogP contribution in [-0.2, 0) is 16.6 Å². The Morgan fingerprint density at radius 2 is 2.05 bits per heavy atom. The molecule has 2 rings (SSSR count). The first-order valence-corrected chi connectivity index (χ1v) is 8.45. The van der Waals surface area contributed by atoms with E-state index in [1.54, 1.807) is 12.1 Å². The molecule has 0 aliphatic carbocycles. The summed E-state index contributed by atoms with van der Waals surface area (Å²) in [6.07, 6.45) is 1.04. The van der Waals surface area contributed by atoms with Crippen molar-refractivity contribution in [1.29, 1.82) is 0 Å². The predicted molar refractivity (Wildman–Crippen MR) is 77.8 cm³/mol. The Hall–Kier alpha value is -0.950. The molecule has 1 atom stereocenters. The number of sulfonamides is 1. The Balaban J connectivity index is 1.93. The SMILES string of the molecule is CCN1CCC(CNS(=O)(=O)c2ccc(CO)cc2)C1. The fourth-order valence-electron chi connectivity index (χ4n) is 2.45. The minimum atomic E-state index is -3.45. The van der Waals surface area contributed by atoms with Crippen LogP contribution in [0.5, 0.6) is 0 Å². The van der Waals surface area contributed by atoms with Gasteiger partial charge in [-0.05, 0) is 43.1 Å². The molecule has 0 spiro atoms. The molecule has 0 aromatic heterocycles. The van der Waals surface area contributed by atoms with Crippen molar-refractivity contribution in [2.45, 2.75) is 24.8 Å². The summed E-state index contributed by atoms with van der Waals surface area (Å²) in [5.41, 5.74) is 0.707. The second-order valence-corrected chi connectivity index (χ2v) is 6.97. The summed E-state index contributed by atoms with van der Waals surface area (Å²) >= 11 is 0. The zero-order valence-corrected chi connectivity index (χ0v) is 12.6. The van der Waals surface area contributed by atoms with Crippen LogP contribution >= 0.6 is 0 Å². The van der Waals surface area contributed by atoms with Gasteiger partial charge in [0, 0.05) is 13.1 Å². The molecule has 1 aliphatic rings. The Morgan fingerprint density at radius 3 is 2.60 bits per heavy atom. The lowest BCUT2D eigenvalue weighted by atomic mass is 10.1. The van der Waals surface area contributed by atoms with Gasteiger partial charge in [-0.3, -0.25) is 0 Å². The number of aliphatic hydroxyl groups excluding tert-OH is 1. The molecule has 6 heteroatoms. The number of likely N-dealkylation sites (tertiary alicyclic amines) is 1. The third-order valence-corrected chi connectivity index (χ3v) is 5.23. The van der Waals surface area contributed by atoms with E-state index in [4.69, 9.17) is 5.11 Å². The molecule has 2 N–H and O–H groups in total. The lowest BCUT2D eigenvalue weighted by molar-refractivity contribution is 0.282. The Morgan fingerprint density at radius 1 is 1.35 bits per heavy atom. The van der Waals surface area contributed by atoms with Gasteiger partial charge < -0.3 is 10.0 Å². The highest BCUT2D eigenvalue weighted by molar-refractivity contribution is 7.89. The van der Waals surface area contributed by atoms with E-state index in [-0.39, 0.29) is 11.5 Å². The molecule has 1 aromatic carbocycles. The van der Waals surface area contributed by atoms with Gasteiger partial charge in [0.1, 0.15) is 0 Å². The lowest BCUT2D eigenvalue weighted by Crippen LogP contribution is -2.31. The van der Waals surface area contributed by atoms with Crippen LogP contribution < -0.4 is 4.72 Å². The van der Waals surface area contributed by atoms with Gasteiger partial charge in [-0.15, -0.1) is 0 Å². The molecule has 1 aliphatic heterocycles. The Labute approximate surface area is 120 Å². The zero-order chi connectivity index (χ0) is 14.6. The van der Waals surface area contributed by atoms with Crippen LogP contribution in [-0.4, -0.2) is 44.6 Å². The maximum absolute atomic E-state index is 12.2. The standard InChI is InChI=1S/C14H22N2O3S/c1-2-16-8-7-13(10-16)9-15-20(18,19)14-5-3-12(11-17)4-6-14/h3-6,13,15,17H,2,7-11H2,1H3. The van der Waals surface area contributed by atoms with E-state index in [2.05, 4.69) is 16.5 Å². The van der Waals surface area contributed by atoms with E-state index in [1.807, 2.05) is 0 Å². The van der Waals surface area contributed by atoms with Gasteiger partial charge in [0.2, 0.25) is 10.0 Å². The molecule has 1 fully saturated rings. The number of hydrogen-bond acceptors (Lipinski definition) is 4. The fourth-order valence-corrected chi connectivity index (χ4v) is 3.57. The molecule has 0 radical (unpaired) electrons. The third-order valence-electron chi connectivity index (χ3n) is 3.80. The van der Waals surface area contributed by atoms with E-state index >= 15 is 0 Å². The quantitative estimate of drug-likeness (QED) is 0.815. The number of nitrogens with zero attached hydrogens (tertiary/aromatic N) is 1. The van der Waals surface area contributed by atoms with Gasteiger partial charge in [0.25, 0.3) is 0 Å². The van der Waals surface area contributed by atoms with E-state index in [9.17, 15) is 8.42 Å². The fraction of sp³-hybridized carbons (Fsp3) is 0.571. The van der Waals surface area contributed by atoms with Crippen LogP contribution in [0.4, 0.5) is 0 Å². The summed E-state index contributed by atoms with van der Waals surface area (Å²) in [6, 6.07) is 6.31. The molecule has 0 bridgehead atoms. The zero-order valence-electron chi connectivity index (χ0n) is 11.7. The average Bonchev–Trinajstić information content (AvgIpc) is 2.93. The lowest BCUT2D eigenvalue weighted by Gasteiger charge is -2.14. The van der Waals surface area contributed by atoms with Crippen molar-refractivity contribution in [3.05, 3.63) is 29.8 Å². The van der Waals surface area contributed by atoms with Crippen molar-refractivity contribution >= 4 is 10.0 Å². The smallest absolute Gasteiger partial charge is 0.240 e. The van der Waals surface area contributed by atoms with Gasteiger partial charge in [-0.25, -0.2) is 13.1 Å². The highest BCUT2D eigenvalue weighted by Crippen LogP contribution is 2.16. The van der Waals surface area contributed by atoms with Crippen molar-refractivity contribution < 1.29 is 13.5 Å². The monoisotopic (exact) mass is 298 g/mol. The largest absolute Gasteiger partial charge is 0.392 e. The molecule has 1 aromatic rings. The maximum atomic E-state index is 12.2. The summed E-state index contributed by atoms with van der Waals surface area (Å²) in [6.45, 7) is 5.56. The van der Waals surface area contributed by atoms with Crippen molar-refractivity contribution in [1.82, 2.24) is 9.62 Å². The summed E-state index contributed by atoms with van der Waals surface area (Å²) in [4.78, 5) is 2.58. The normalized spacial score (nSPS) is 20.4. The van der Waals surface area contributed by atoms with Crippen LogP contribution in [0.3, 0.4) is 0 Å². The van der Waals surface area contributed by atoms with Gasteiger partial charge in [-0.2, -0.15) is 0 Å². The molecular weight excluding hydrogens is 276 g/mol. The number of hydrogen-bond donors (Lipinski definition) is 2. The van der Waals surface area contributed by atoms with Crippen LogP contribution in [0.2, 0.25) is 0 Å². The molecule has 0 saturated carbocycles. The molecule has 0 amide bonds. The van der Waals surface area contributed by atoms with Gasteiger partial charge in [0.05, 0.1) is 11.5 Å². The van der Waals surface area contributed by atoms with Crippen LogP contribution in [0.1, 0.15) is 18.9 Å². The Bertz CT molecular complexity index is 528. The van der Waals surface area contributed by atoms with E-state index in [0.29, 0.717) is 18.0 Å². The predicted octanol–water partition coefficient (Wildman–Crippen LogP) is 0.799. The van der Waals surface area contributed by atoms with Crippen LogP contribution in [0, 0.1) is 5.92 Å². The minimum Gasteiger partial charge on any atom is -0.392 e. The summed E-state index contributed by atoms with van der Waals surface area (Å²) in [5, 5.41) is 8.96. The molecule has 112 valence electrons.